The summed E-state index contributed by atoms with van der Waals surface area (Å²) in [4.78, 5) is 2.37. The Morgan fingerprint density at radius 1 is 1.00 bits per heavy atom. The second-order valence-corrected chi connectivity index (χ2v) is 6.33. The Balaban J connectivity index is 1.89. The second kappa shape index (κ2) is 7.25. The molecule has 3 aliphatic rings. The van der Waals surface area contributed by atoms with E-state index in [-0.39, 0.29) is 12.0 Å². The molecule has 0 N–H and O–H groups in total. The highest BCUT2D eigenvalue weighted by Gasteiger charge is 2.30. The van der Waals surface area contributed by atoms with Crippen molar-refractivity contribution < 1.29 is 9.31 Å². The SMILES string of the molecule is CCN(CC)C1=C[C@@H]2OC3=CC(=[N+](CC)CC)C=C[C@H]3C=C2C=C1. The molecule has 0 radical (unpaired) electrons. The van der Waals surface area contributed by atoms with Gasteiger partial charge in [-0.05, 0) is 45.4 Å². The van der Waals surface area contributed by atoms with Gasteiger partial charge < -0.3 is 9.64 Å². The summed E-state index contributed by atoms with van der Waals surface area (Å²) < 4.78 is 8.73. The second-order valence-electron chi connectivity index (χ2n) is 6.33. The van der Waals surface area contributed by atoms with Crippen LogP contribution in [0.25, 0.3) is 0 Å². The van der Waals surface area contributed by atoms with Crippen molar-refractivity contribution >= 4 is 5.71 Å². The number of hydrogen-bond acceptors (Lipinski definition) is 2. The van der Waals surface area contributed by atoms with Gasteiger partial charge in [0.05, 0.1) is 5.92 Å². The van der Waals surface area contributed by atoms with Gasteiger partial charge in [-0.25, -0.2) is 4.58 Å². The number of hydrogen-bond donors (Lipinski definition) is 0. The average Bonchev–Trinajstić information content (AvgIpc) is 2.62. The van der Waals surface area contributed by atoms with Gasteiger partial charge in [0.15, 0.2) is 0 Å². The minimum Gasteiger partial charge on any atom is -0.485 e. The molecule has 128 valence electrons. The van der Waals surface area contributed by atoms with Crippen molar-refractivity contribution in [2.75, 3.05) is 26.2 Å². The molecule has 2 aliphatic carbocycles. The van der Waals surface area contributed by atoms with Gasteiger partial charge in [-0.3, -0.25) is 0 Å². The van der Waals surface area contributed by atoms with Crippen molar-refractivity contribution in [3.8, 4) is 0 Å². The molecule has 1 heterocycles. The normalized spacial score (nSPS) is 24.3. The Labute approximate surface area is 146 Å². The van der Waals surface area contributed by atoms with Crippen molar-refractivity contribution in [3.63, 3.8) is 0 Å². The lowest BCUT2D eigenvalue weighted by Gasteiger charge is -2.33. The van der Waals surface area contributed by atoms with Gasteiger partial charge in [-0.15, -0.1) is 0 Å². The van der Waals surface area contributed by atoms with Crippen LogP contribution < -0.4 is 0 Å². The van der Waals surface area contributed by atoms with Gasteiger partial charge in [0, 0.05) is 30.9 Å². The van der Waals surface area contributed by atoms with E-state index >= 15 is 0 Å². The summed E-state index contributed by atoms with van der Waals surface area (Å²) in [6.07, 6.45) is 15.8. The zero-order chi connectivity index (χ0) is 17.1. The van der Waals surface area contributed by atoms with Crippen LogP contribution in [-0.4, -0.2) is 47.5 Å². The molecule has 0 fully saturated rings. The first-order valence-electron chi connectivity index (χ1n) is 9.25. The van der Waals surface area contributed by atoms with E-state index in [1.807, 2.05) is 0 Å². The topological polar surface area (TPSA) is 15.5 Å². The molecule has 0 bridgehead atoms. The van der Waals surface area contributed by atoms with E-state index in [9.17, 15) is 0 Å². The van der Waals surface area contributed by atoms with Gasteiger partial charge >= 0.3 is 0 Å². The van der Waals surface area contributed by atoms with Gasteiger partial charge in [0.2, 0.25) is 5.71 Å². The molecule has 0 unspecified atom stereocenters. The monoisotopic (exact) mass is 325 g/mol. The predicted octanol–water partition coefficient (Wildman–Crippen LogP) is 3.67. The first-order chi connectivity index (χ1) is 11.7. The third-order valence-electron chi connectivity index (χ3n) is 5.08. The molecule has 0 aromatic carbocycles. The maximum absolute atomic E-state index is 6.37. The van der Waals surface area contributed by atoms with Crippen LogP contribution in [0.5, 0.6) is 0 Å². The van der Waals surface area contributed by atoms with E-state index in [1.54, 1.807) is 0 Å². The molecule has 1 aliphatic heterocycles. The molecule has 24 heavy (non-hydrogen) atoms. The third-order valence-corrected chi connectivity index (χ3v) is 5.08. The van der Waals surface area contributed by atoms with Crippen LogP contribution in [0, 0.1) is 5.92 Å². The molecule has 0 spiro atoms. The summed E-state index contributed by atoms with van der Waals surface area (Å²) in [5.41, 5.74) is 3.78. The van der Waals surface area contributed by atoms with E-state index in [0.29, 0.717) is 0 Å². The minimum absolute atomic E-state index is 0.0394. The lowest BCUT2D eigenvalue weighted by Crippen LogP contribution is -2.30. The van der Waals surface area contributed by atoms with Crippen molar-refractivity contribution in [2.24, 2.45) is 5.92 Å². The fraction of sp³-hybridized carbons (Fsp3) is 0.476. The summed E-state index contributed by atoms with van der Waals surface area (Å²) >= 11 is 0. The zero-order valence-corrected chi connectivity index (χ0v) is 15.3. The van der Waals surface area contributed by atoms with Crippen LogP contribution in [-0.2, 0) is 4.74 Å². The molecule has 0 saturated carbocycles. The Bertz CT molecular complexity index is 666. The van der Waals surface area contributed by atoms with E-state index in [2.05, 4.69) is 79.7 Å². The number of ether oxygens (including phenoxy) is 1. The minimum atomic E-state index is 0.0394. The molecule has 3 rings (SSSR count). The summed E-state index contributed by atoms with van der Waals surface area (Å²) in [7, 11) is 0. The van der Waals surface area contributed by atoms with Crippen molar-refractivity contribution in [1.29, 1.82) is 0 Å². The lowest BCUT2D eigenvalue weighted by molar-refractivity contribution is -0.519. The number of nitrogens with zero attached hydrogens (tertiary/aromatic N) is 2. The van der Waals surface area contributed by atoms with Gasteiger partial charge in [0.1, 0.15) is 25.0 Å². The molecule has 3 heteroatoms. The standard InChI is InChI=1S/C21H29N2O/c1-5-22(6-2)18-11-9-16-13-17-10-12-19(23(7-3)8-4)15-21(17)24-20(16)14-18/h9-16,21H,5-8H2,1-4H3/q+1/t16-,21-/m0/s1. The van der Waals surface area contributed by atoms with Crippen molar-refractivity contribution in [1.82, 2.24) is 4.90 Å². The molecule has 0 saturated heterocycles. The number of likely N-dealkylation sites (N-methyl/N-ethyl adjacent to an activating group) is 1. The molecule has 0 aromatic rings. The highest BCUT2D eigenvalue weighted by molar-refractivity contribution is 6.01. The summed E-state index contributed by atoms with van der Waals surface area (Å²) in [5.74, 6) is 1.34. The molecule has 0 amide bonds. The van der Waals surface area contributed by atoms with Crippen LogP contribution >= 0.6 is 0 Å². The summed E-state index contributed by atoms with van der Waals surface area (Å²) in [6, 6.07) is 0. The van der Waals surface area contributed by atoms with E-state index in [1.165, 1.54) is 17.0 Å². The van der Waals surface area contributed by atoms with Crippen LogP contribution in [0.15, 0.2) is 59.6 Å². The Morgan fingerprint density at radius 2 is 1.75 bits per heavy atom. The van der Waals surface area contributed by atoms with Gasteiger partial charge in [0.25, 0.3) is 0 Å². The van der Waals surface area contributed by atoms with Crippen molar-refractivity contribution in [3.05, 3.63) is 59.6 Å². The smallest absolute Gasteiger partial charge is 0.202 e. The third kappa shape index (κ3) is 3.12. The average molecular weight is 325 g/mol. The van der Waals surface area contributed by atoms with Crippen LogP contribution in [0.1, 0.15) is 27.7 Å². The summed E-state index contributed by atoms with van der Waals surface area (Å²) in [5, 5.41) is 0. The highest BCUT2D eigenvalue weighted by atomic mass is 16.5. The maximum atomic E-state index is 6.37. The molecular formula is C21H29N2O+. The van der Waals surface area contributed by atoms with Crippen molar-refractivity contribution in [2.45, 2.75) is 33.8 Å². The van der Waals surface area contributed by atoms with Crippen LogP contribution in [0.3, 0.4) is 0 Å². The lowest BCUT2D eigenvalue weighted by atomic mass is 9.90. The van der Waals surface area contributed by atoms with Gasteiger partial charge in [-0.2, -0.15) is 0 Å². The number of allylic oxidation sites excluding steroid dienone is 4. The Hall–Kier alpha value is -2.03. The Kier molecular flexibility index (Phi) is 5.08. The van der Waals surface area contributed by atoms with E-state index < -0.39 is 0 Å². The number of fused-ring (bicyclic) bond motifs is 2. The molecule has 0 aromatic heterocycles. The fourth-order valence-electron chi connectivity index (χ4n) is 3.61. The predicted molar refractivity (Wildman–Crippen MR) is 100 cm³/mol. The van der Waals surface area contributed by atoms with Crippen LogP contribution in [0.4, 0.5) is 0 Å². The van der Waals surface area contributed by atoms with E-state index in [4.69, 9.17) is 4.74 Å². The number of rotatable bonds is 5. The van der Waals surface area contributed by atoms with Crippen LogP contribution in [0.2, 0.25) is 0 Å². The Morgan fingerprint density at radius 3 is 2.42 bits per heavy atom. The molecular weight excluding hydrogens is 296 g/mol. The quantitative estimate of drug-likeness (QED) is 0.717. The highest BCUT2D eigenvalue weighted by Crippen LogP contribution is 2.34. The largest absolute Gasteiger partial charge is 0.485 e. The zero-order valence-electron chi connectivity index (χ0n) is 15.3. The first kappa shape index (κ1) is 16.8. The molecule has 2 atom stereocenters. The summed E-state index contributed by atoms with van der Waals surface area (Å²) in [6.45, 7) is 12.9. The first-order valence-corrected chi connectivity index (χ1v) is 9.25. The molecule has 3 nitrogen and oxygen atoms in total. The van der Waals surface area contributed by atoms with Gasteiger partial charge in [-0.1, -0.05) is 18.2 Å². The van der Waals surface area contributed by atoms with E-state index in [0.717, 1.165) is 31.9 Å². The fourth-order valence-corrected chi connectivity index (χ4v) is 3.61. The maximum Gasteiger partial charge on any atom is 0.202 e.